The van der Waals surface area contributed by atoms with Crippen LogP contribution in [0, 0.1) is 0 Å². The summed E-state index contributed by atoms with van der Waals surface area (Å²) in [7, 11) is -1.21. The van der Waals surface area contributed by atoms with E-state index in [9.17, 15) is 5.11 Å². The van der Waals surface area contributed by atoms with Gasteiger partial charge in [-0.3, -0.25) is 0 Å². The van der Waals surface area contributed by atoms with Crippen LogP contribution in [0.15, 0.2) is 170 Å². The van der Waals surface area contributed by atoms with Gasteiger partial charge in [-0.2, -0.15) is 0 Å². The summed E-state index contributed by atoms with van der Waals surface area (Å²) in [6.07, 6.45) is 4.26. The Morgan fingerprint density at radius 1 is 0.716 bits per heavy atom. The first-order valence-corrected chi connectivity index (χ1v) is 30.3. The van der Waals surface area contributed by atoms with Gasteiger partial charge in [-0.1, -0.05) is 24.3 Å². The van der Waals surface area contributed by atoms with Crippen molar-refractivity contribution in [2.45, 2.75) is 137 Å². The molecule has 1 N–H and O–H groups in total. The van der Waals surface area contributed by atoms with Crippen LogP contribution in [0.2, 0.25) is 5.04 Å². The van der Waals surface area contributed by atoms with Gasteiger partial charge in [0.15, 0.2) is 0 Å². The number of benzene rings is 6. The Balaban J connectivity index is 0.898. The second-order valence-electron chi connectivity index (χ2n) is 21.1. The summed E-state index contributed by atoms with van der Waals surface area (Å²) in [5.41, 5.74) is 2.06. The molecule has 0 amide bonds. The zero-order valence-corrected chi connectivity index (χ0v) is 45.8. The molecule has 4 aliphatic rings. The predicted molar refractivity (Wildman–Crippen MR) is 293 cm³/mol. The molecule has 0 aliphatic carbocycles. The molecule has 11 atom stereocenters. The summed E-state index contributed by atoms with van der Waals surface area (Å²) in [4.78, 5) is 0. The first-order valence-electron chi connectivity index (χ1n) is 26.5. The van der Waals surface area contributed by atoms with E-state index < -0.39 is 32.9 Å². The average molecular weight is 1080 g/mol. The molecular formula is C62H72O10SeSi. The van der Waals surface area contributed by atoms with Crippen LogP contribution in [0.4, 0.5) is 0 Å². The van der Waals surface area contributed by atoms with Crippen LogP contribution < -0.4 is 19.6 Å². The van der Waals surface area contributed by atoms with Crippen molar-refractivity contribution >= 4 is 48.9 Å². The van der Waals surface area contributed by atoms with E-state index in [1.807, 2.05) is 30.3 Å². The van der Waals surface area contributed by atoms with E-state index >= 15 is 0 Å². The molecule has 0 spiro atoms. The fraction of sp³-hybridized carbons (Fsp3) is 0.419. The van der Waals surface area contributed by atoms with Crippen molar-refractivity contribution in [3.05, 3.63) is 181 Å². The molecular weight excluding hydrogens is 1010 g/mol. The van der Waals surface area contributed by atoms with Gasteiger partial charge in [-0.15, -0.1) is 0 Å². The number of ether oxygens (including phenoxy) is 8. The first-order chi connectivity index (χ1) is 36.1. The van der Waals surface area contributed by atoms with E-state index in [1.54, 1.807) is 7.11 Å². The number of hydrogen-bond acceptors (Lipinski definition) is 10. The molecule has 0 saturated carbocycles. The first kappa shape index (κ1) is 52.9. The quantitative estimate of drug-likeness (QED) is 0.0703. The summed E-state index contributed by atoms with van der Waals surface area (Å²) in [5.74, 6) is 0.775. The summed E-state index contributed by atoms with van der Waals surface area (Å²) in [5, 5.41) is 16.3. The molecule has 1 unspecified atom stereocenters. The topological polar surface area (TPSA) is 103 Å². The normalized spacial score (nSPS) is 27.4. The number of aliphatic hydroxyl groups is 1. The second-order valence-corrected chi connectivity index (χ2v) is 27.9. The Kier molecular flexibility index (Phi) is 17.6. The number of fused-ring (bicyclic) bond motifs is 3. The molecule has 4 heterocycles. The molecule has 390 valence electrons. The monoisotopic (exact) mass is 1080 g/mol. The SMILES string of the molecule is COc1ccc([C@@H]2OC[C@H]3O[C@@H](CCO[Si](c4ccccc4)(c4ccccc4)C(C)(C)C)[C@H](OC(C[C@H]4O[C@H]5C[C@@H](OCc6ccc7ccccc7c6)CCO[C@@H]5C[C@@H]4O)[Se]c4ccccc4)C/C=C\[C@@H]3O2)cc1. The van der Waals surface area contributed by atoms with E-state index in [2.05, 4.69) is 160 Å². The Bertz CT molecular complexity index is 2670. The second kappa shape index (κ2) is 24.7. The van der Waals surface area contributed by atoms with E-state index in [0.717, 1.165) is 23.3 Å². The van der Waals surface area contributed by atoms with Crippen LogP contribution in [0.1, 0.15) is 76.7 Å². The van der Waals surface area contributed by atoms with Crippen LogP contribution >= 0.6 is 0 Å². The van der Waals surface area contributed by atoms with Gasteiger partial charge in [0.1, 0.15) is 5.75 Å². The summed E-state index contributed by atoms with van der Waals surface area (Å²) in [6, 6.07) is 54.9. The van der Waals surface area contributed by atoms with E-state index in [0.29, 0.717) is 58.5 Å². The molecule has 74 heavy (non-hydrogen) atoms. The van der Waals surface area contributed by atoms with Crippen molar-refractivity contribution in [3.63, 3.8) is 0 Å². The maximum absolute atomic E-state index is 11.9. The molecule has 6 aromatic rings. The Morgan fingerprint density at radius 3 is 2.12 bits per heavy atom. The minimum atomic E-state index is -2.87. The fourth-order valence-corrected chi connectivity index (χ4v) is 18.1. The standard InChI is InChI=1S/C62H72O10SeSi/c1-62(2,3)74(50-21-10-6-11-22-50,51-23-12-7-13-24-51)68-36-34-55-53(25-16-26-54-59(69-55)42-67-61(72-54)45-29-31-47(64-4)32-30-45)71-60(73-49-19-8-5-9-20-49)40-56-52(63)39-57-58(70-56)38-48(33-35-65-57)66-41-43-27-28-44-17-14-15-18-46(44)37-43/h5-24,26-32,37,48,52-61,63H,25,33-36,38-42H2,1-4H3/b26-16-/t48-,52-,53+,54-,55-,56+,57+,58-,59+,60?,61+/m0/s1. The van der Waals surface area contributed by atoms with Crippen molar-refractivity contribution in [1.29, 1.82) is 0 Å². The molecule has 3 fully saturated rings. The Morgan fingerprint density at radius 2 is 1.41 bits per heavy atom. The molecule has 10 nitrogen and oxygen atoms in total. The van der Waals surface area contributed by atoms with Crippen LogP contribution in [0.3, 0.4) is 0 Å². The third-order valence-corrected chi connectivity index (χ3v) is 22.4. The van der Waals surface area contributed by atoms with Crippen LogP contribution in [-0.4, -0.2) is 115 Å². The predicted octanol–water partition coefficient (Wildman–Crippen LogP) is 9.36. The van der Waals surface area contributed by atoms with E-state index in [4.69, 9.17) is 42.3 Å². The van der Waals surface area contributed by atoms with Crippen molar-refractivity contribution in [1.82, 2.24) is 0 Å². The van der Waals surface area contributed by atoms with Crippen LogP contribution in [0.5, 0.6) is 5.75 Å². The molecule has 3 saturated heterocycles. The van der Waals surface area contributed by atoms with Gasteiger partial charge in [0.05, 0.1) is 7.11 Å². The molecule has 6 aromatic carbocycles. The molecule has 0 bridgehead atoms. The maximum atomic E-state index is 11.9. The van der Waals surface area contributed by atoms with Gasteiger partial charge in [0.2, 0.25) is 0 Å². The number of rotatable bonds is 17. The third-order valence-electron chi connectivity index (χ3n) is 15.0. The zero-order chi connectivity index (χ0) is 50.9. The number of hydrogen-bond donors (Lipinski definition) is 1. The van der Waals surface area contributed by atoms with Crippen LogP contribution in [0.25, 0.3) is 10.8 Å². The summed E-state index contributed by atoms with van der Waals surface area (Å²) < 4.78 is 62.0. The van der Waals surface area contributed by atoms with Crippen molar-refractivity contribution in [2.24, 2.45) is 0 Å². The number of aliphatic hydroxyl groups excluding tert-OH is 1. The van der Waals surface area contributed by atoms with Crippen LogP contribution in [-0.2, 0) is 44.2 Å². The molecule has 10 rings (SSSR count). The van der Waals surface area contributed by atoms with E-state index in [-0.39, 0.29) is 61.6 Å². The molecule has 12 heteroatoms. The van der Waals surface area contributed by atoms with Gasteiger partial charge in [-0.05, 0) is 5.39 Å². The van der Waals surface area contributed by atoms with Crippen molar-refractivity contribution in [2.75, 3.05) is 26.9 Å². The summed E-state index contributed by atoms with van der Waals surface area (Å²) in [6.45, 7) is 8.78. The van der Waals surface area contributed by atoms with Crippen molar-refractivity contribution < 1.29 is 47.4 Å². The van der Waals surface area contributed by atoms with Gasteiger partial charge in [0.25, 0.3) is 0 Å². The van der Waals surface area contributed by atoms with E-state index in [1.165, 1.54) is 25.6 Å². The molecule has 0 radical (unpaired) electrons. The average Bonchev–Trinajstić information content (AvgIpc) is 3.62. The van der Waals surface area contributed by atoms with Gasteiger partial charge < -0.3 is 4.74 Å². The van der Waals surface area contributed by atoms with Gasteiger partial charge >= 0.3 is 400 Å². The molecule has 4 aliphatic heterocycles. The van der Waals surface area contributed by atoms with Crippen molar-refractivity contribution in [3.8, 4) is 5.75 Å². The Labute approximate surface area is 444 Å². The Hall–Kier alpha value is -4.50. The number of methoxy groups -OCH3 is 1. The van der Waals surface area contributed by atoms with Gasteiger partial charge in [0, 0.05) is 0 Å². The fourth-order valence-electron chi connectivity index (χ4n) is 11.2. The molecule has 0 aromatic heterocycles. The summed E-state index contributed by atoms with van der Waals surface area (Å²) >= 11 is -0.139. The van der Waals surface area contributed by atoms with Gasteiger partial charge in [-0.25, -0.2) is 0 Å². The minimum absolute atomic E-state index is 0.0401. The third kappa shape index (κ3) is 12.7. The zero-order valence-electron chi connectivity index (χ0n) is 43.1.